The fourth-order valence-electron chi connectivity index (χ4n) is 2.62. The lowest BCUT2D eigenvalue weighted by atomic mass is 9.94. The normalized spacial score (nSPS) is 16.2. The van der Waals surface area contributed by atoms with Crippen LogP contribution < -0.4 is 10.2 Å². The molecule has 1 N–H and O–H groups in total. The van der Waals surface area contributed by atoms with Crippen LogP contribution in [0.3, 0.4) is 0 Å². The Kier molecular flexibility index (Phi) is 4.70. The second kappa shape index (κ2) is 6.49. The van der Waals surface area contributed by atoms with Crippen LogP contribution in [0.4, 0.5) is 17.3 Å². The quantitative estimate of drug-likeness (QED) is 0.658. The van der Waals surface area contributed by atoms with Gasteiger partial charge in [0.15, 0.2) is 0 Å². The maximum Gasteiger partial charge on any atom is 0.353 e. The zero-order valence-corrected chi connectivity index (χ0v) is 12.0. The highest BCUT2D eigenvalue weighted by atomic mass is 16.6. The molecule has 7 heteroatoms. The Morgan fingerprint density at radius 3 is 2.65 bits per heavy atom. The summed E-state index contributed by atoms with van der Waals surface area (Å²) < 4.78 is 0. The van der Waals surface area contributed by atoms with Gasteiger partial charge in [0, 0.05) is 19.6 Å². The third-order valence-corrected chi connectivity index (χ3v) is 3.82. The Balaban J connectivity index is 2.27. The van der Waals surface area contributed by atoms with Crippen LogP contribution in [0.25, 0.3) is 0 Å². The van der Waals surface area contributed by atoms with Crippen molar-refractivity contribution in [3.05, 3.63) is 16.4 Å². The smallest absolute Gasteiger partial charge is 0.353 e. The van der Waals surface area contributed by atoms with Crippen molar-refractivity contribution in [1.82, 2.24) is 9.97 Å². The van der Waals surface area contributed by atoms with E-state index in [-0.39, 0.29) is 10.6 Å². The van der Waals surface area contributed by atoms with E-state index in [9.17, 15) is 10.1 Å². The van der Waals surface area contributed by atoms with Crippen molar-refractivity contribution in [3.63, 3.8) is 0 Å². The Bertz CT molecular complexity index is 472. The van der Waals surface area contributed by atoms with Crippen LogP contribution in [0, 0.1) is 16.0 Å². The van der Waals surface area contributed by atoms with E-state index in [1.165, 1.54) is 12.7 Å². The number of nitro groups is 1. The minimum Gasteiger partial charge on any atom is -0.364 e. The molecule has 1 aliphatic heterocycles. The predicted octanol–water partition coefficient (Wildman–Crippen LogP) is 2.44. The first-order chi connectivity index (χ1) is 9.67. The second-order valence-corrected chi connectivity index (χ2v) is 5.02. The van der Waals surface area contributed by atoms with E-state index < -0.39 is 0 Å². The molecule has 1 saturated heterocycles. The molecule has 2 heterocycles. The van der Waals surface area contributed by atoms with E-state index in [0.29, 0.717) is 18.2 Å². The maximum absolute atomic E-state index is 11.3. The van der Waals surface area contributed by atoms with Gasteiger partial charge in [-0.3, -0.25) is 10.1 Å². The first-order valence-electron chi connectivity index (χ1n) is 7.15. The molecule has 0 spiro atoms. The van der Waals surface area contributed by atoms with E-state index in [0.717, 1.165) is 31.8 Å². The van der Waals surface area contributed by atoms with Crippen LogP contribution in [0.5, 0.6) is 0 Å². The number of nitrogens with one attached hydrogen (secondary N) is 1. The molecule has 0 unspecified atom stereocenters. The summed E-state index contributed by atoms with van der Waals surface area (Å²) in [5.41, 5.74) is -0.00991. The molecular weight excluding hydrogens is 258 g/mol. The molecule has 1 fully saturated rings. The highest BCUT2D eigenvalue weighted by molar-refractivity contribution is 5.70. The summed E-state index contributed by atoms with van der Waals surface area (Å²) in [6.45, 7) is 6.31. The minimum absolute atomic E-state index is 0.00991. The van der Waals surface area contributed by atoms with Gasteiger partial charge in [-0.1, -0.05) is 13.3 Å². The van der Waals surface area contributed by atoms with Crippen molar-refractivity contribution in [2.24, 2.45) is 5.92 Å². The van der Waals surface area contributed by atoms with Crippen LogP contribution in [0.1, 0.15) is 33.1 Å². The van der Waals surface area contributed by atoms with Gasteiger partial charge < -0.3 is 10.2 Å². The molecule has 7 nitrogen and oxygen atoms in total. The molecule has 0 saturated carbocycles. The molecule has 1 aromatic rings. The number of rotatable bonds is 5. The number of nitrogens with zero attached hydrogens (tertiary/aromatic N) is 4. The van der Waals surface area contributed by atoms with Crippen molar-refractivity contribution in [1.29, 1.82) is 0 Å². The maximum atomic E-state index is 11.3. The highest BCUT2D eigenvalue weighted by Gasteiger charge is 2.29. The summed E-state index contributed by atoms with van der Waals surface area (Å²) in [5.74, 6) is 1.47. The lowest BCUT2D eigenvalue weighted by Gasteiger charge is -2.32. The van der Waals surface area contributed by atoms with Crippen molar-refractivity contribution in [2.45, 2.75) is 33.1 Å². The van der Waals surface area contributed by atoms with E-state index in [4.69, 9.17) is 0 Å². The molecule has 2 rings (SSSR count). The number of piperidine rings is 1. The fourth-order valence-corrected chi connectivity index (χ4v) is 2.62. The summed E-state index contributed by atoms with van der Waals surface area (Å²) in [6.07, 6.45) is 4.69. The Hall–Kier alpha value is -1.92. The average Bonchev–Trinajstić information content (AvgIpc) is 2.47. The van der Waals surface area contributed by atoms with Crippen LogP contribution in [-0.2, 0) is 0 Å². The number of hydrogen-bond acceptors (Lipinski definition) is 6. The van der Waals surface area contributed by atoms with E-state index in [2.05, 4.69) is 22.2 Å². The minimum atomic E-state index is -0.390. The Morgan fingerprint density at radius 1 is 1.40 bits per heavy atom. The van der Waals surface area contributed by atoms with Crippen molar-refractivity contribution in [3.8, 4) is 0 Å². The lowest BCUT2D eigenvalue weighted by molar-refractivity contribution is -0.383. The van der Waals surface area contributed by atoms with E-state index in [1.54, 1.807) is 0 Å². The molecule has 1 aliphatic rings. The number of anilines is 2. The summed E-state index contributed by atoms with van der Waals surface area (Å²) in [4.78, 5) is 21.1. The van der Waals surface area contributed by atoms with Crippen LogP contribution >= 0.6 is 0 Å². The standard InChI is InChI=1S/C13H21N5O2/c1-3-10-5-7-17(8-6-10)13-11(18(19)20)12(14-4-2)15-9-16-13/h9-10H,3-8H2,1-2H3,(H,14,15,16). The number of aromatic nitrogens is 2. The van der Waals surface area contributed by atoms with Crippen molar-refractivity contribution >= 4 is 17.3 Å². The third kappa shape index (κ3) is 2.97. The zero-order chi connectivity index (χ0) is 14.5. The average molecular weight is 279 g/mol. The van der Waals surface area contributed by atoms with Gasteiger partial charge >= 0.3 is 5.69 Å². The lowest BCUT2D eigenvalue weighted by Crippen LogP contribution is -2.34. The molecule has 0 aliphatic carbocycles. The van der Waals surface area contributed by atoms with Gasteiger partial charge in [0.1, 0.15) is 6.33 Å². The monoisotopic (exact) mass is 279 g/mol. The van der Waals surface area contributed by atoms with Gasteiger partial charge in [-0.2, -0.15) is 0 Å². The molecule has 0 bridgehead atoms. The molecule has 0 amide bonds. The topological polar surface area (TPSA) is 84.2 Å². The van der Waals surface area contributed by atoms with Gasteiger partial charge in [0.25, 0.3) is 0 Å². The largest absolute Gasteiger partial charge is 0.364 e. The summed E-state index contributed by atoms with van der Waals surface area (Å²) in [5, 5.41) is 14.3. The van der Waals surface area contributed by atoms with E-state index >= 15 is 0 Å². The number of hydrogen-bond donors (Lipinski definition) is 1. The van der Waals surface area contributed by atoms with Crippen molar-refractivity contribution < 1.29 is 4.92 Å². The molecule has 0 aromatic carbocycles. The molecular formula is C13H21N5O2. The first-order valence-corrected chi connectivity index (χ1v) is 7.15. The Morgan fingerprint density at radius 2 is 2.10 bits per heavy atom. The second-order valence-electron chi connectivity index (χ2n) is 5.02. The van der Waals surface area contributed by atoms with Crippen LogP contribution in [-0.4, -0.2) is 34.5 Å². The van der Waals surface area contributed by atoms with Crippen LogP contribution in [0.15, 0.2) is 6.33 Å². The molecule has 20 heavy (non-hydrogen) atoms. The highest BCUT2D eigenvalue weighted by Crippen LogP contribution is 2.34. The summed E-state index contributed by atoms with van der Waals surface area (Å²) in [7, 11) is 0. The van der Waals surface area contributed by atoms with Gasteiger partial charge in [-0.05, 0) is 25.7 Å². The Labute approximate surface area is 118 Å². The third-order valence-electron chi connectivity index (χ3n) is 3.82. The molecule has 0 radical (unpaired) electrons. The SMILES string of the molecule is CCNc1ncnc(N2CCC(CC)CC2)c1[N+](=O)[O-]. The summed E-state index contributed by atoms with van der Waals surface area (Å²) >= 11 is 0. The van der Waals surface area contributed by atoms with Gasteiger partial charge in [0.2, 0.25) is 11.6 Å². The van der Waals surface area contributed by atoms with Crippen molar-refractivity contribution in [2.75, 3.05) is 29.9 Å². The first kappa shape index (κ1) is 14.5. The van der Waals surface area contributed by atoms with Gasteiger partial charge in [-0.25, -0.2) is 9.97 Å². The predicted molar refractivity (Wildman–Crippen MR) is 78.1 cm³/mol. The molecule has 110 valence electrons. The summed E-state index contributed by atoms with van der Waals surface area (Å²) in [6, 6.07) is 0. The van der Waals surface area contributed by atoms with Crippen LogP contribution in [0.2, 0.25) is 0 Å². The van der Waals surface area contributed by atoms with E-state index in [1.807, 2.05) is 11.8 Å². The molecule has 0 atom stereocenters. The zero-order valence-electron chi connectivity index (χ0n) is 12.0. The van der Waals surface area contributed by atoms with Gasteiger partial charge in [0.05, 0.1) is 4.92 Å². The van der Waals surface area contributed by atoms with Gasteiger partial charge in [-0.15, -0.1) is 0 Å². The molecule has 1 aromatic heterocycles. The fraction of sp³-hybridized carbons (Fsp3) is 0.692.